The lowest BCUT2D eigenvalue weighted by Crippen LogP contribution is -2.47. The maximum Gasteiger partial charge on any atom is 0.311 e. The average Bonchev–Trinajstić information content (AvgIpc) is 2.72. The van der Waals surface area contributed by atoms with Crippen molar-refractivity contribution in [3.8, 4) is 0 Å². The van der Waals surface area contributed by atoms with E-state index in [1.807, 2.05) is 0 Å². The molecule has 3 N–H and O–H groups in total. The number of rotatable bonds is 3. The monoisotopic (exact) mass is 278 g/mol. The van der Waals surface area contributed by atoms with Gasteiger partial charge in [0.2, 0.25) is 0 Å². The van der Waals surface area contributed by atoms with Crippen molar-refractivity contribution in [3.63, 3.8) is 0 Å². The molecule has 2 atom stereocenters. The Bertz CT molecular complexity index is 607. The van der Waals surface area contributed by atoms with Crippen molar-refractivity contribution in [2.45, 2.75) is 39.2 Å². The van der Waals surface area contributed by atoms with Crippen molar-refractivity contribution >= 4 is 11.9 Å². The molecule has 1 fully saturated rings. The van der Waals surface area contributed by atoms with E-state index >= 15 is 0 Å². The van der Waals surface area contributed by atoms with Gasteiger partial charge in [-0.05, 0) is 38.8 Å². The number of aryl methyl sites for hydroxylation is 1. The van der Waals surface area contributed by atoms with Crippen LogP contribution in [0.2, 0.25) is 0 Å². The van der Waals surface area contributed by atoms with E-state index in [0.29, 0.717) is 18.5 Å². The molecule has 0 radical (unpaired) electrons. The lowest BCUT2D eigenvalue weighted by molar-refractivity contribution is -0.148. The Morgan fingerprint density at radius 2 is 2.15 bits per heavy atom. The first-order valence-electron chi connectivity index (χ1n) is 6.59. The van der Waals surface area contributed by atoms with Gasteiger partial charge in [0.1, 0.15) is 5.56 Å². The van der Waals surface area contributed by atoms with Crippen LogP contribution in [0.3, 0.4) is 0 Å². The van der Waals surface area contributed by atoms with Crippen molar-refractivity contribution < 1.29 is 14.7 Å². The van der Waals surface area contributed by atoms with Crippen molar-refractivity contribution in [2.24, 2.45) is 5.41 Å². The summed E-state index contributed by atoms with van der Waals surface area (Å²) in [6.45, 7) is 3.36. The summed E-state index contributed by atoms with van der Waals surface area (Å²) < 4.78 is 0. The molecule has 6 nitrogen and oxygen atoms in total. The molecule has 20 heavy (non-hydrogen) atoms. The van der Waals surface area contributed by atoms with E-state index in [-0.39, 0.29) is 5.56 Å². The molecular weight excluding hydrogens is 260 g/mol. The lowest BCUT2D eigenvalue weighted by Gasteiger charge is -2.27. The SMILES string of the molecule is Cc1ccc(C(=O)NC2CCCC2(C)C(=O)O)c(=O)[nH]1. The minimum Gasteiger partial charge on any atom is -0.481 e. The van der Waals surface area contributed by atoms with Gasteiger partial charge in [0.05, 0.1) is 5.41 Å². The van der Waals surface area contributed by atoms with Crippen LogP contribution in [0.4, 0.5) is 0 Å². The van der Waals surface area contributed by atoms with Crippen LogP contribution in [0.1, 0.15) is 42.2 Å². The van der Waals surface area contributed by atoms with Crippen LogP contribution in [0.5, 0.6) is 0 Å². The Balaban J connectivity index is 2.20. The molecule has 0 saturated heterocycles. The maximum absolute atomic E-state index is 12.1. The van der Waals surface area contributed by atoms with Crippen molar-refractivity contribution in [1.29, 1.82) is 0 Å². The van der Waals surface area contributed by atoms with Crippen LogP contribution in [-0.2, 0) is 4.79 Å². The van der Waals surface area contributed by atoms with Crippen LogP contribution in [0.25, 0.3) is 0 Å². The average molecular weight is 278 g/mol. The fourth-order valence-corrected chi connectivity index (χ4v) is 2.64. The second-order valence-electron chi connectivity index (χ2n) is 5.53. The Labute approximate surface area is 116 Å². The normalized spacial score (nSPS) is 25.4. The summed E-state index contributed by atoms with van der Waals surface area (Å²) in [6, 6.07) is 2.64. The molecule has 0 spiro atoms. The van der Waals surface area contributed by atoms with Gasteiger partial charge in [-0.1, -0.05) is 6.42 Å². The maximum atomic E-state index is 12.1. The summed E-state index contributed by atoms with van der Waals surface area (Å²) in [5.41, 5.74) is -0.747. The number of carboxylic acid groups (broad SMARTS) is 1. The van der Waals surface area contributed by atoms with Crippen LogP contribution < -0.4 is 10.9 Å². The number of pyridine rings is 1. The van der Waals surface area contributed by atoms with Gasteiger partial charge in [0, 0.05) is 11.7 Å². The first kappa shape index (κ1) is 14.3. The number of carboxylic acids is 1. The number of aromatic nitrogens is 1. The summed E-state index contributed by atoms with van der Waals surface area (Å²) in [4.78, 5) is 37.7. The Hall–Kier alpha value is -2.11. The van der Waals surface area contributed by atoms with E-state index in [1.165, 1.54) is 6.07 Å². The molecule has 1 aromatic heterocycles. The number of amides is 1. The standard InChI is InChI=1S/C14H18N2O4/c1-8-5-6-9(11(17)15-8)12(18)16-10-4-3-7-14(10,2)13(19)20/h5-6,10H,3-4,7H2,1-2H3,(H,15,17)(H,16,18)(H,19,20). The van der Waals surface area contributed by atoms with Crippen molar-refractivity contribution in [2.75, 3.05) is 0 Å². The molecule has 0 aromatic carbocycles. The summed E-state index contributed by atoms with van der Waals surface area (Å²) in [5, 5.41) is 12.0. The van der Waals surface area contributed by atoms with E-state index in [1.54, 1.807) is 19.9 Å². The molecule has 1 aliphatic rings. The van der Waals surface area contributed by atoms with Crippen LogP contribution in [0, 0.1) is 12.3 Å². The third-order valence-electron chi connectivity index (χ3n) is 4.05. The summed E-state index contributed by atoms with van der Waals surface area (Å²) in [5.74, 6) is -1.44. The predicted octanol–water partition coefficient (Wildman–Crippen LogP) is 1.06. The molecule has 1 aliphatic carbocycles. The largest absolute Gasteiger partial charge is 0.481 e. The van der Waals surface area contributed by atoms with Gasteiger partial charge in [-0.25, -0.2) is 0 Å². The Kier molecular flexibility index (Phi) is 3.65. The highest BCUT2D eigenvalue weighted by Gasteiger charge is 2.46. The van der Waals surface area contributed by atoms with E-state index < -0.39 is 28.9 Å². The summed E-state index contributed by atoms with van der Waals surface area (Å²) in [7, 11) is 0. The number of H-pyrrole nitrogens is 1. The van der Waals surface area contributed by atoms with Gasteiger partial charge in [0.25, 0.3) is 11.5 Å². The number of hydrogen-bond acceptors (Lipinski definition) is 3. The quantitative estimate of drug-likeness (QED) is 0.769. The lowest BCUT2D eigenvalue weighted by atomic mass is 9.85. The summed E-state index contributed by atoms with van der Waals surface area (Å²) in [6.07, 6.45) is 1.88. The van der Waals surface area contributed by atoms with Gasteiger partial charge < -0.3 is 15.4 Å². The third-order valence-corrected chi connectivity index (χ3v) is 4.05. The van der Waals surface area contributed by atoms with E-state index in [0.717, 1.165) is 6.42 Å². The molecule has 1 amide bonds. The summed E-state index contributed by atoms with van der Waals surface area (Å²) >= 11 is 0. The van der Waals surface area contributed by atoms with Gasteiger partial charge in [-0.15, -0.1) is 0 Å². The molecule has 2 rings (SSSR count). The highest BCUT2D eigenvalue weighted by Crippen LogP contribution is 2.38. The van der Waals surface area contributed by atoms with Gasteiger partial charge >= 0.3 is 5.97 Å². The van der Waals surface area contributed by atoms with Gasteiger partial charge in [-0.3, -0.25) is 14.4 Å². The molecule has 108 valence electrons. The molecule has 1 aromatic rings. The van der Waals surface area contributed by atoms with Crippen LogP contribution in [0.15, 0.2) is 16.9 Å². The molecule has 0 bridgehead atoms. The van der Waals surface area contributed by atoms with Crippen molar-refractivity contribution in [3.05, 3.63) is 33.7 Å². The molecule has 0 aliphatic heterocycles. The second kappa shape index (κ2) is 5.11. The molecule has 6 heteroatoms. The van der Waals surface area contributed by atoms with E-state index in [4.69, 9.17) is 0 Å². The molecular formula is C14H18N2O4. The second-order valence-corrected chi connectivity index (χ2v) is 5.53. The third kappa shape index (κ3) is 2.45. The van der Waals surface area contributed by atoms with Crippen LogP contribution in [-0.4, -0.2) is 28.0 Å². The zero-order valence-electron chi connectivity index (χ0n) is 11.5. The Morgan fingerprint density at radius 3 is 2.75 bits per heavy atom. The predicted molar refractivity (Wildman–Crippen MR) is 72.6 cm³/mol. The highest BCUT2D eigenvalue weighted by molar-refractivity contribution is 5.94. The topological polar surface area (TPSA) is 99.3 Å². The first-order chi connectivity index (χ1) is 9.34. The number of aliphatic carboxylic acids is 1. The van der Waals surface area contributed by atoms with Gasteiger partial charge in [0.15, 0.2) is 0 Å². The van der Waals surface area contributed by atoms with Crippen molar-refractivity contribution in [1.82, 2.24) is 10.3 Å². The van der Waals surface area contributed by atoms with E-state index in [2.05, 4.69) is 10.3 Å². The molecule has 1 heterocycles. The Morgan fingerprint density at radius 1 is 1.45 bits per heavy atom. The number of carbonyl (C=O) groups is 2. The number of carbonyl (C=O) groups excluding carboxylic acids is 1. The fourth-order valence-electron chi connectivity index (χ4n) is 2.64. The number of hydrogen-bond donors (Lipinski definition) is 3. The molecule has 2 unspecified atom stereocenters. The zero-order chi connectivity index (χ0) is 14.9. The molecule has 1 saturated carbocycles. The number of nitrogens with one attached hydrogen (secondary N) is 2. The minimum atomic E-state index is -0.965. The highest BCUT2D eigenvalue weighted by atomic mass is 16.4. The minimum absolute atomic E-state index is 0.00948. The number of aromatic amines is 1. The smallest absolute Gasteiger partial charge is 0.311 e. The first-order valence-corrected chi connectivity index (χ1v) is 6.59. The zero-order valence-corrected chi connectivity index (χ0v) is 11.5. The van der Waals surface area contributed by atoms with Gasteiger partial charge in [-0.2, -0.15) is 0 Å². The van der Waals surface area contributed by atoms with E-state index in [9.17, 15) is 19.5 Å². The fraction of sp³-hybridized carbons (Fsp3) is 0.500. The van der Waals surface area contributed by atoms with Crippen LogP contribution >= 0.6 is 0 Å².